The third kappa shape index (κ3) is 3.44. The lowest BCUT2D eigenvalue weighted by Crippen LogP contribution is -1.97. The highest BCUT2D eigenvalue weighted by atomic mass is 79.9. The van der Waals surface area contributed by atoms with Gasteiger partial charge in [-0.2, -0.15) is 0 Å². The van der Waals surface area contributed by atoms with E-state index in [-0.39, 0.29) is 4.83 Å². The number of hydrogen-bond acceptors (Lipinski definition) is 3. The summed E-state index contributed by atoms with van der Waals surface area (Å²) in [6.07, 6.45) is 0. The van der Waals surface area contributed by atoms with Gasteiger partial charge in [-0.15, -0.1) is 0 Å². The minimum absolute atomic E-state index is 0.0456. The number of alkyl halides is 1. The maximum Gasteiger partial charge on any atom is 0.161 e. The molecule has 0 N–H and O–H groups in total. The molecule has 0 aromatic heterocycles. The molecular formula is C16H16BrClO3. The Kier molecular flexibility index (Phi) is 5.37. The van der Waals surface area contributed by atoms with Crippen molar-refractivity contribution in [3.05, 3.63) is 52.5 Å². The van der Waals surface area contributed by atoms with Gasteiger partial charge in [-0.1, -0.05) is 39.7 Å². The summed E-state index contributed by atoms with van der Waals surface area (Å²) >= 11 is 10.00. The van der Waals surface area contributed by atoms with E-state index in [0.717, 1.165) is 16.9 Å². The van der Waals surface area contributed by atoms with Gasteiger partial charge in [-0.05, 0) is 35.4 Å². The Bertz CT molecular complexity index is 631. The van der Waals surface area contributed by atoms with Crippen LogP contribution >= 0.6 is 27.5 Å². The Hall–Kier alpha value is -1.39. The zero-order chi connectivity index (χ0) is 15.4. The lowest BCUT2D eigenvalue weighted by Gasteiger charge is -2.15. The SMILES string of the molecule is COc1ccc(C(Br)c2ccc(OC)c(OC)c2)c(Cl)c1. The first-order valence-corrected chi connectivity index (χ1v) is 7.59. The van der Waals surface area contributed by atoms with E-state index in [1.54, 1.807) is 27.4 Å². The summed E-state index contributed by atoms with van der Waals surface area (Å²) in [4.78, 5) is -0.0456. The van der Waals surface area contributed by atoms with Crippen LogP contribution in [0, 0.1) is 0 Å². The molecule has 0 heterocycles. The molecule has 112 valence electrons. The molecule has 0 amide bonds. The second-order valence-corrected chi connectivity index (χ2v) is 5.69. The van der Waals surface area contributed by atoms with E-state index in [1.165, 1.54) is 0 Å². The zero-order valence-electron chi connectivity index (χ0n) is 12.0. The summed E-state index contributed by atoms with van der Waals surface area (Å²) < 4.78 is 15.7. The molecular weight excluding hydrogens is 356 g/mol. The van der Waals surface area contributed by atoms with E-state index < -0.39 is 0 Å². The fourth-order valence-corrected chi connectivity index (χ4v) is 3.13. The maximum atomic E-state index is 6.32. The van der Waals surface area contributed by atoms with Crippen LogP contribution in [-0.4, -0.2) is 21.3 Å². The smallest absolute Gasteiger partial charge is 0.161 e. The molecule has 0 radical (unpaired) electrons. The predicted octanol–water partition coefficient (Wildman–Crippen LogP) is 4.85. The van der Waals surface area contributed by atoms with E-state index in [1.807, 2.05) is 30.3 Å². The van der Waals surface area contributed by atoms with Crippen molar-refractivity contribution in [3.63, 3.8) is 0 Å². The van der Waals surface area contributed by atoms with Crippen LogP contribution in [0.2, 0.25) is 5.02 Å². The molecule has 0 aliphatic rings. The van der Waals surface area contributed by atoms with Crippen LogP contribution in [0.5, 0.6) is 17.2 Å². The van der Waals surface area contributed by atoms with Crippen LogP contribution in [0.15, 0.2) is 36.4 Å². The van der Waals surface area contributed by atoms with Crippen LogP contribution in [-0.2, 0) is 0 Å². The van der Waals surface area contributed by atoms with Gasteiger partial charge in [0.25, 0.3) is 0 Å². The van der Waals surface area contributed by atoms with Gasteiger partial charge in [0, 0.05) is 5.02 Å². The first-order valence-electron chi connectivity index (χ1n) is 6.30. The number of halogens is 2. The summed E-state index contributed by atoms with van der Waals surface area (Å²) in [7, 11) is 4.85. The van der Waals surface area contributed by atoms with Crippen molar-refractivity contribution in [1.29, 1.82) is 0 Å². The average Bonchev–Trinajstić information content (AvgIpc) is 2.53. The van der Waals surface area contributed by atoms with Gasteiger partial charge in [0.15, 0.2) is 11.5 Å². The molecule has 0 aliphatic heterocycles. The Labute approximate surface area is 137 Å². The maximum absolute atomic E-state index is 6.32. The lowest BCUT2D eigenvalue weighted by atomic mass is 10.0. The molecule has 1 unspecified atom stereocenters. The summed E-state index contributed by atoms with van der Waals surface area (Å²) in [5.74, 6) is 2.11. The highest BCUT2D eigenvalue weighted by molar-refractivity contribution is 9.09. The summed E-state index contributed by atoms with van der Waals surface area (Å²) in [5.41, 5.74) is 1.99. The first-order chi connectivity index (χ1) is 10.1. The molecule has 0 fully saturated rings. The summed E-state index contributed by atoms with van der Waals surface area (Å²) in [6.45, 7) is 0. The molecule has 1 atom stereocenters. The van der Waals surface area contributed by atoms with Crippen molar-refractivity contribution in [2.45, 2.75) is 4.83 Å². The number of ether oxygens (including phenoxy) is 3. The van der Waals surface area contributed by atoms with Crippen molar-refractivity contribution >= 4 is 27.5 Å². The largest absolute Gasteiger partial charge is 0.497 e. The van der Waals surface area contributed by atoms with E-state index in [9.17, 15) is 0 Å². The van der Waals surface area contributed by atoms with Gasteiger partial charge >= 0.3 is 0 Å². The molecule has 3 nitrogen and oxygen atoms in total. The van der Waals surface area contributed by atoms with Gasteiger partial charge in [-0.3, -0.25) is 0 Å². The molecule has 2 aromatic carbocycles. The average molecular weight is 372 g/mol. The Balaban J connectivity index is 2.37. The van der Waals surface area contributed by atoms with Crippen molar-refractivity contribution < 1.29 is 14.2 Å². The quantitative estimate of drug-likeness (QED) is 0.703. The highest BCUT2D eigenvalue weighted by Crippen LogP contribution is 2.39. The molecule has 0 saturated carbocycles. The van der Waals surface area contributed by atoms with Gasteiger partial charge in [0.05, 0.1) is 26.2 Å². The molecule has 0 bridgehead atoms. The van der Waals surface area contributed by atoms with E-state index in [4.69, 9.17) is 25.8 Å². The molecule has 5 heteroatoms. The van der Waals surface area contributed by atoms with Crippen LogP contribution in [0.3, 0.4) is 0 Å². The van der Waals surface area contributed by atoms with Crippen molar-refractivity contribution in [1.82, 2.24) is 0 Å². The molecule has 2 rings (SSSR count). The van der Waals surface area contributed by atoms with Crippen LogP contribution in [0.1, 0.15) is 16.0 Å². The first kappa shape index (κ1) is 16.0. The number of methoxy groups -OCH3 is 3. The predicted molar refractivity (Wildman–Crippen MR) is 88.3 cm³/mol. The van der Waals surface area contributed by atoms with Gasteiger partial charge in [0.1, 0.15) is 5.75 Å². The van der Waals surface area contributed by atoms with Crippen LogP contribution < -0.4 is 14.2 Å². The number of rotatable bonds is 5. The van der Waals surface area contributed by atoms with E-state index in [0.29, 0.717) is 16.5 Å². The van der Waals surface area contributed by atoms with Gasteiger partial charge in [-0.25, -0.2) is 0 Å². The van der Waals surface area contributed by atoms with Crippen LogP contribution in [0.4, 0.5) is 0 Å². The molecule has 21 heavy (non-hydrogen) atoms. The second kappa shape index (κ2) is 7.05. The second-order valence-electron chi connectivity index (χ2n) is 4.36. The minimum Gasteiger partial charge on any atom is -0.497 e. The highest BCUT2D eigenvalue weighted by Gasteiger charge is 2.16. The standard InChI is InChI=1S/C16H16BrClO3/c1-19-11-5-6-12(13(18)9-11)16(17)10-4-7-14(20-2)15(8-10)21-3/h4-9,16H,1-3H3. The zero-order valence-corrected chi connectivity index (χ0v) is 14.4. The van der Waals surface area contributed by atoms with Crippen LogP contribution in [0.25, 0.3) is 0 Å². The summed E-state index contributed by atoms with van der Waals surface area (Å²) in [6, 6.07) is 11.4. The fraction of sp³-hybridized carbons (Fsp3) is 0.250. The third-order valence-corrected chi connectivity index (χ3v) is 4.53. The molecule has 0 saturated heterocycles. The van der Waals surface area contributed by atoms with Crippen molar-refractivity contribution in [2.24, 2.45) is 0 Å². The van der Waals surface area contributed by atoms with Crippen molar-refractivity contribution in [3.8, 4) is 17.2 Å². The van der Waals surface area contributed by atoms with E-state index in [2.05, 4.69) is 15.9 Å². The Morgan fingerprint density at radius 2 is 1.62 bits per heavy atom. The number of benzene rings is 2. The topological polar surface area (TPSA) is 27.7 Å². The van der Waals surface area contributed by atoms with Gasteiger partial charge in [0.2, 0.25) is 0 Å². The molecule has 0 spiro atoms. The van der Waals surface area contributed by atoms with Crippen molar-refractivity contribution in [2.75, 3.05) is 21.3 Å². The lowest BCUT2D eigenvalue weighted by molar-refractivity contribution is 0.354. The minimum atomic E-state index is -0.0456. The normalized spacial score (nSPS) is 11.9. The summed E-state index contributed by atoms with van der Waals surface area (Å²) in [5, 5.41) is 0.644. The van der Waals surface area contributed by atoms with E-state index >= 15 is 0 Å². The fourth-order valence-electron chi connectivity index (χ4n) is 2.03. The number of hydrogen-bond donors (Lipinski definition) is 0. The Morgan fingerprint density at radius 1 is 0.905 bits per heavy atom. The molecule has 0 aliphatic carbocycles. The monoisotopic (exact) mass is 370 g/mol. The van der Waals surface area contributed by atoms with Gasteiger partial charge < -0.3 is 14.2 Å². The third-order valence-electron chi connectivity index (χ3n) is 3.18. The Morgan fingerprint density at radius 3 is 2.19 bits per heavy atom. The molecule has 2 aromatic rings.